The van der Waals surface area contributed by atoms with Gasteiger partial charge in [-0.25, -0.2) is 0 Å². The van der Waals surface area contributed by atoms with Gasteiger partial charge in [0.05, 0.1) is 11.8 Å². The van der Waals surface area contributed by atoms with Crippen molar-refractivity contribution in [3.05, 3.63) is 63.7 Å². The zero-order chi connectivity index (χ0) is 20.8. The number of nitrogens with one attached hydrogen (secondary N) is 1. The first-order valence-electron chi connectivity index (χ1n) is 10.5. The maximum absolute atomic E-state index is 13.3. The number of imide groups is 1. The second kappa shape index (κ2) is 7.80. The average molecular weight is 514 g/mol. The van der Waals surface area contributed by atoms with Crippen LogP contribution in [0.25, 0.3) is 0 Å². The lowest BCUT2D eigenvalue weighted by Crippen LogP contribution is -2.49. The summed E-state index contributed by atoms with van der Waals surface area (Å²) < 4.78 is 1.07. The predicted octanol–water partition coefficient (Wildman–Crippen LogP) is 3.87. The van der Waals surface area contributed by atoms with Crippen LogP contribution in [0.4, 0.5) is 5.69 Å². The number of carbonyl (C=O) groups is 3. The van der Waals surface area contributed by atoms with Gasteiger partial charge in [-0.15, -0.1) is 0 Å². The van der Waals surface area contributed by atoms with Crippen LogP contribution < -0.4 is 5.32 Å². The largest absolute Gasteiger partial charge is 0.324 e. The van der Waals surface area contributed by atoms with Gasteiger partial charge >= 0.3 is 0 Å². The van der Waals surface area contributed by atoms with Crippen molar-refractivity contribution in [2.75, 3.05) is 5.32 Å². The standard InChI is InChI=1S/C24H23IN2O3/c25-17-8-10-18(11-9-17)26-22(28)19(12-14-4-2-1-3-5-14)27-23(29)20-15-6-7-16(13-15)21(20)24(27)30/h1-5,8-11,15-16,19-21H,6-7,12-13H2,(H,26,28). The Bertz CT molecular complexity index is 963. The van der Waals surface area contributed by atoms with Crippen molar-refractivity contribution in [1.82, 2.24) is 4.90 Å². The van der Waals surface area contributed by atoms with Crippen molar-refractivity contribution in [2.45, 2.75) is 31.7 Å². The fraction of sp³-hybridized carbons (Fsp3) is 0.375. The quantitative estimate of drug-likeness (QED) is 0.487. The summed E-state index contributed by atoms with van der Waals surface area (Å²) in [6.45, 7) is 0. The summed E-state index contributed by atoms with van der Waals surface area (Å²) in [5.41, 5.74) is 1.60. The molecule has 30 heavy (non-hydrogen) atoms. The number of rotatable bonds is 5. The van der Waals surface area contributed by atoms with Gasteiger partial charge in [0.25, 0.3) is 0 Å². The molecule has 5 atom stereocenters. The monoisotopic (exact) mass is 514 g/mol. The van der Waals surface area contributed by atoms with Gasteiger partial charge in [-0.2, -0.15) is 0 Å². The second-order valence-corrected chi connectivity index (χ2v) is 9.88. The Hall–Kier alpha value is -2.22. The molecule has 1 saturated heterocycles. The zero-order valence-electron chi connectivity index (χ0n) is 16.5. The minimum Gasteiger partial charge on any atom is -0.324 e. The molecule has 2 saturated carbocycles. The molecule has 2 bridgehead atoms. The van der Waals surface area contributed by atoms with Crippen molar-refractivity contribution in [3.8, 4) is 0 Å². The van der Waals surface area contributed by atoms with E-state index in [0.717, 1.165) is 28.4 Å². The molecule has 6 heteroatoms. The van der Waals surface area contributed by atoms with E-state index in [1.807, 2.05) is 54.6 Å². The molecule has 1 aliphatic heterocycles. The summed E-state index contributed by atoms with van der Waals surface area (Å²) in [7, 11) is 0. The fourth-order valence-electron chi connectivity index (χ4n) is 5.64. The molecule has 3 amide bonds. The summed E-state index contributed by atoms with van der Waals surface area (Å²) in [6, 6.07) is 16.3. The topological polar surface area (TPSA) is 66.5 Å². The van der Waals surface area contributed by atoms with Gasteiger partial charge < -0.3 is 5.32 Å². The number of nitrogens with zero attached hydrogens (tertiary/aromatic N) is 1. The van der Waals surface area contributed by atoms with Gasteiger partial charge in [-0.3, -0.25) is 19.3 Å². The highest BCUT2D eigenvalue weighted by atomic mass is 127. The lowest BCUT2D eigenvalue weighted by Gasteiger charge is -2.27. The number of hydrogen-bond acceptors (Lipinski definition) is 3. The molecular formula is C24H23IN2O3. The van der Waals surface area contributed by atoms with Crippen molar-refractivity contribution in [2.24, 2.45) is 23.7 Å². The number of amides is 3. The molecule has 3 aliphatic rings. The van der Waals surface area contributed by atoms with Crippen LogP contribution in [0.15, 0.2) is 54.6 Å². The first kappa shape index (κ1) is 19.7. The van der Waals surface area contributed by atoms with Gasteiger partial charge in [0.2, 0.25) is 17.7 Å². The Morgan fingerprint density at radius 2 is 1.57 bits per heavy atom. The Balaban J connectivity index is 1.45. The number of anilines is 1. The van der Waals surface area contributed by atoms with Crippen molar-refractivity contribution >= 4 is 46.0 Å². The smallest absolute Gasteiger partial charge is 0.248 e. The summed E-state index contributed by atoms with van der Waals surface area (Å²) >= 11 is 2.21. The van der Waals surface area contributed by atoms with E-state index in [1.165, 1.54) is 4.90 Å². The number of carbonyl (C=O) groups excluding carboxylic acids is 3. The van der Waals surface area contributed by atoms with E-state index in [4.69, 9.17) is 0 Å². The first-order valence-corrected chi connectivity index (χ1v) is 11.6. The zero-order valence-corrected chi connectivity index (χ0v) is 18.6. The van der Waals surface area contributed by atoms with E-state index in [1.54, 1.807) is 0 Å². The Morgan fingerprint density at radius 1 is 0.967 bits per heavy atom. The average Bonchev–Trinajstić information content (AvgIpc) is 3.43. The molecule has 2 aromatic carbocycles. The number of hydrogen-bond donors (Lipinski definition) is 1. The van der Waals surface area contributed by atoms with Crippen LogP contribution in [-0.4, -0.2) is 28.7 Å². The third-order valence-electron chi connectivity index (χ3n) is 6.96. The molecule has 5 unspecified atom stereocenters. The highest BCUT2D eigenvalue weighted by Crippen LogP contribution is 2.56. The van der Waals surface area contributed by atoms with E-state index in [0.29, 0.717) is 23.9 Å². The van der Waals surface area contributed by atoms with E-state index in [9.17, 15) is 14.4 Å². The highest BCUT2D eigenvalue weighted by Gasteiger charge is 2.62. The summed E-state index contributed by atoms with van der Waals surface area (Å²) in [4.78, 5) is 41.3. The molecule has 5 nitrogen and oxygen atoms in total. The molecule has 2 aliphatic carbocycles. The van der Waals surface area contributed by atoms with Crippen LogP contribution >= 0.6 is 22.6 Å². The minimum absolute atomic E-state index is 0.143. The highest BCUT2D eigenvalue weighted by molar-refractivity contribution is 14.1. The molecule has 3 fully saturated rings. The van der Waals surface area contributed by atoms with Gasteiger partial charge in [0.1, 0.15) is 6.04 Å². The maximum atomic E-state index is 13.3. The van der Waals surface area contributed by atoms with Crippen LogP contribution in [0.3, 0.4) is 0 Å². The molecule has 2 aromatic rings. The van der Waals surface area contributed by atoms with Gasteiger partial charge in [0.15, 0.2) is 0 Å². The maximum Gasteiger partial charge on any atom is 0.248 e. The van der Waals surface area contributed by atoms with Crippen LogP contribution in [0.5, 0.6) is 0 Å². The molecule has 5 rings (SSSR count). The molecular weight excluding hydrogens is 491 g/mol. The lowest BCUT2D eigenvalue weighted by atomic mass is 9.81. The van der Waals surface area contributed by atoms with Crippen molar-refractivity contribution < 1.29 is 14.4 Å². The molecule has 0 spiro atoms. The summed E-state index contributed by atoms with van der Waals surface area (Å²) in [5, 5.41) is 2.92. The Labute approximate surface area is 189 Å². The number of halogens is 1. The third-order valence-corrected chi connectivity index (χ3v) is 7.68. The first-order chi connectivity index (χ1) is 14.5. The number of fused-ring (bicyclic) bond motifs is 5. The number of likely N-dealkylation sites (tertiary alicyclic amines) is 1. The Morgan fingerprint density at radius 3 is 2.17 bits per heavy atom. The fourth-order valence-corrected chi connectivity index (χ4v) is 6.00. The molecule has 0 aromatic heterocycles. The van der Waals surface area contributed by atoms with Gasteiger partial charge in [0, 0.05) is 15.7 Å². The van der Waals surface area contributed by atoms with Gasteiger partial charge in [-0.05, 0) is 83.5 Å². The lowest BCUT2D eigenvalue weighted by molar-refractivity contribution is -0.147. The van der Waals surface area contributed by atoms with Crippen LogP contribution in [-0.2, 0) is 20.8 Å². The van der Waals surface area contributed by atoms with Crippen LogP contribution in [0, 0.1) is 27.2 Å². The normalized spacial score (nSPS) is 28.0. The van der Waals surface area contributed by atoms with E-state index >= 15 is 0 Å². The van der Waals surface area contributed by atoms with Crippen molar-refractivity contribution in [1.29, 1.82) is 0 Å². The van der Waals surface area contributed by atoms with E-state index in [-0.39, 0.29) is 29.6 Å². The molecule has 1 heterocycles. The van der Waals surface area contributed by atoms with E-state index in [2.05, 4.69) is 27.9 Å². The summed E-state index contributed by atoms with van der Waals surface area (Å²) in [6.07, 6.45) is 3.36. The van der Waals surface area contributed by atoms with Crippen LogP contribution in [0.2, 0.25) is 0 Å². The summed E-state index contributed by atoms with van der Waals surface area (Å²) in [5.74, 6) is -0.432. The number of benzene rings is 2. The molecule has 154 valence electrons. The van der Waals surface area contributed by atoms with Gasteiger partial charge in [-0.1, -0.05) is 30.3 Å². The van der Waals surface area contributed by atoms with E-state index < -0.39 is 6.04 Å². The molecule has 1 N–H and O–H groups in total. The minimum atomic E-state index is -0.836. The predicted molar refractivity (Wildman–Crippen MR) is 121 cm³/mol. The third kappa shape index (κ3) is 3.35. The SMILES string of the molecule is O=C(Nc1ccc(I)cc1)C(Cc1ccccc1)N1C(=O)C2C3CCC(C3)C2C1=O. The molecule has 0 radical (unpaired) electrons. The second-order valence-electron chi connectivity index (χ2n) is 8.63. The van der Waals surface area contributed by atoms with Crippen molar-refractivity contribution in [3.63, 3.8) is 0 Å². The van der Waals surface area contributed by atoms with Crippen LogP contribution in [0.1, 0.15) is 24.8 Å². The Kier molecular flexibility index (Phi) is 5.13.